The predicted octanol–water partition coefficient (Wildman–Crippen LogP) is 2.95. The Balaban J connectivity index is 1.93. The molecule has 1 aromatic carbocycles. The molecule has 0 atom stereocenters. The molecule has 0 bridgehead atoms. The number of rotatable bonds is 4. The molecule has 116 valence electrons. The standard InChI is InChI=1S/C17H17N5O/c1-12-8-13(23-7-6-18)4-5-15(12)22(3)17-9-16-14(10-19-17)20-11-21(16)2/h4-5,8-11H,7H2,1-3H3. The summed E-state index contributed by atoms with van der Waals surface area (Å²) in [7, 11) is 3.94. The highest BCUT2D eigenvalue weighted by molar-refractivity contribution is 5.79. The number of hydrogen-bond acceptors (Lipinski definition) is 5. The maximum Gasteiger partial charge on any atom is 0.174 e. The van der Waals surface area contributed by atoms with E-state index in [1.54, 1.807) is 12.5 Å². The predicted molar refractivity (Wildman–Crippen MR) is 88.9 cm³/mol. The van der Waals surface area contributed by atoms with Crippen LogP contribution in [0.4, 0.5) is 11.5 Å². The summed E-state index contributed by atoms with van der Waals surface area (Å²) in [5, 5.41) is 8.58. The van der Waals surface area contributed by atoms with Gasteiger partial charge in [0.2, 0.25) is 0 Å². The van der Waals surface area contributed by atoms with Crippen molar-refractivity contribution in [2.24, 2.45) is 7.05 Å². The van der Waals surface area contributed by atoms with Gasteiger partial charge in [0.15, 0.2) is 6.61 Å². The van der Waals surface area contributed by atoms with Gasteiger partial charge in [-0.25, -0.2) is 9.97 Å². The molecule has 0 amide bonds. The lowest BCUT2D eigenvalue weighted by atomic mass is 10.1. The van der Waals surface area contributed by atoms with Crippen molar-refractivity contribution in [1.29, 1.82) is 5.26 Å². The number of nitriles is 1. The lowest BCUT2D eigenvalue weighted by Crippen LogP contribution is -2.12. The summed E-state index contributed by atoms with van der Waals surface area (Å²) in [5.41, 5.74) is 3.99. The first kappa shape index (κ1) is 14.9. The highest BCUT2D eigenvalue weighted by Gasteiger charge is 2.11. The first-order valence-electron chi connectivity index (χ1n) is 7.21. The van der Waals surface area contributed by atoms with Crippen molar-refractivity contribution in [3.63, 3.8) is 0 Å². The Morgan fingerprint density at radius 3 is 2.87 bits per heavy atom. The number of anilines is 2. The average molecular weight is 307 g/mol. The van der Waals surface area contributed by atoms with E-state index in [4.69, 9.17) is 10.00 Å². The fraction of sp³-hybridized carbons (Fsp3) is 0.235. The number of hydrogen-bond donors (Lipinski definition) is 0. The minimum Gasteiger partial charge on any atom is -0.479 e. The fourth-order valence-electron chi connectivity index (χ4n) is 2.54. The number of ether oxygens (including phenoxy) is 1. The van der Waals surface area contributed by atoms with Gasteiger partial charge in [0.05, 0.1) is 18.0 Å². The minimum atomic E-state index is 0.0489. The molecule has 0 aliphatic heterocycles. The summed E-state index contributed by atoms with van der Waals surface area (Å²) >= 11 is 0. The number of aryl methyl sites for hydroxylation is 2. The number of benzene rings is 1. The Hall–Kier alpha value is -3.07. The Morgan fingerprint density at radius 2 is 2.13 bits per heavy atom. The van der Waals surface area contributed by atoms with Crippen molar-refractivity contribution < 1.29 is 4.74 Å². The van der Waals surface area contributed by atoms with E-state index in [-0.39, 0.29) is 6.61 Å². The molecule has 6 nitrogen and oxygen atoms in total. The van der Waals surface area contributed by atoms with Crippen LogP contribution in [-0.2, 0) is 7.05 Å². The van der Waals surface area contributed by atoms with E-state index < -0.39 is 0 Å². The quantitative estimate of drug-likeness (QED) is 0.741. The van der Waals surface area contributed by atoms with Crippen molar-refractivity contribution in [1.82, 2.24) is 14.5 Å². The van der Waals surface area contributed by atoms with Crippen LogP contribution < -0.4 is 9.64 Å². The smallest absolute Gasteiger partial charge is 0.174 e. The monoisotopic (exact) mass is 307 g/mol. The van der Waals surface area contributed by atoms with Gasteiger partial charge in [0.1, 0.15) is 23.2 Å². The molecular formula is C17H17N5O. The molecule has 0 fully saturated rings. The van der Waals surface area contributed by atoms with E-state index in [0.29, 0.717) is 5.75 Å². The molecule has 0 unspecified atom stereocenters. The average Bonchev–Trinajstić information content (AvgIpc) is 2.93. The number of nitrogens with zero attached hydrogens (tertiary/aromatic N) is 5. The topological polar surface area (TPSA) is 67.0 Å². The maximum absolute atomic E-state index is 8.58. The fourth-order valence-corrected chi connectivity index (χ4v) is 2.54. The molecule has 0 aliphatic carbocycles. The third-order valence-electron chi connectivity index (χ3n) is 3.77. The highest BCUT2D eigenvalue weighted by Crippen LogP contribution is 2.29. The normalized spacial score (nSPS) is 10.5. The van der Waals surface area contributed by atoms with E-state index in [1.165, 1.54) is 0 Å². The number of pyridine rings is 1. The molecular weight excluding hydrogens is 290 g/mol. The van der Waals surface area contributed by atoms with E-state index in [1.807, 2.05) is 60.8 Å². The Morgan fingerprint density at radius 1 is 1.30 bits per heavy atom. The van der Waals surface area contributed by atoms with Crippen LogP contribution in [0.25, 0.3) is 11.0 Å². The van der Waals surface area contributed by atoms with Gasteiger partial charge in [-0.05, 0) is 30.7 Å². The van der Waals surface area contributed by atoms with Gasteiger partial charge in [0, 0.05) is 25.8 Å². The first-order chi connectivity index (χ1) is 11.1. The molecule has 0 spiro atoms. The van der Waals surface area contributed by atoms with Gasteiger partial charge in [0.25, 0.3) is 0 Å². The molecule has 23 heavy (non-hydrogen) atoms. The Kier molecular flexibility index (Phi) is 3.85. The van der Waals surface area contributed by atoms with Gasteiger partial charge in [-0.15, -0.1) is 0 Å². The van der Waals surface area contributed by atoms with E-state index in [9.17, 15) is 0 Å². The molecule has 0 radical (unpaired) electrons. The van der Waals surface area contributed by atoms with E-state index >= 15 is 0 Å². The second-order valence-corrected chi connectivity index (χ2v) is 5.34. The molecule has 0 saturated heterocycles. The highest BCUT2D eigenvalue weighted by atomic mass is 16.5. The summed E-state index contributed by atoms with van der Waals surface area (Å²) in [6.45, 7) is 2.06. The third-order valence-corrected chi connectivity index (χ3v) is 3.77. The second-order valence-electron chi connectivity index (χ2n) is 5.34. The van der Waals surface area contributed by atoms with Gasteiger partial charge in [-0.2, -0.15) is 5.26 Å². The summed E-state index contributed by atoms with van der Waals surface area (Å²) in [4.78, 5) is 10.8. The summed E-state index contributed by atoms with van der Waals surface area (Å²) < 4.78 is 7.30. The Labute approximate surface area is 134 Å². The summed E-state index contributed by atoms with van der Waals surface area (Å²) in [6, 6.07) is 9.74. The van der Waals surface area contributed by atoms with E-state index in [0.717, 1.165) is 28.1 Å². The zero-order valence-corrected chi connectivity index (χ0v) is 13.3. The van der Waals surface area contributed by atoms with Crippen molar-refractivity contribution in [3.8, 4) is 11.8 Å². The lowest BCUT2D eigenvalue weighted by Gasteiger charge is -2.21. The van der Waals surface area contributed by atoms with Crippen molar-refractivity contribution in [3.05, 3.63) is 42.4 Å². The van der Waals surface area contributed by atoms with Crippen molar-refractivity contribution in [2.45, 2.75) is 6.92 Å². The SMILES string of the molecule is Cc1cc(OCC#N)ccc1N(C)c1cc2c(cn1)ncn2C. The molecule has 3 rings (SSSR count). The molecule has 6 heteroatoms. The number of aromatic nitrogens is 3. The van der Waals surface area contributed by atoms with Crippen LogP contribution in [0.15, 0.2) is 36.8 Å². The third kappa shape index (κ3) is 2.81. The van der Waals surface area contributed by atoms with Crippen LogP contribution in [0.5, 0.6) is 5.75 Å². The number of fused-ring (bicyclic) bond motifs is 1. The molecule has 0 saturated carbocycles. The zero-order valence-electron chi connectivity index (χ0n) is 13.3. The Bertz CT molecular complexity index is 894. The molecule has 3 aromatic rings. The van der Waals surface area contributed by atoms with Gasteiger partial charge >= 0.3 is 0 Å². The largest absolute Gasteiger partial charge is 0.479 e. The van der Waals surface area contributed by atoms with Crippen LogP contribution in [0, 0.1) is 18.3 Å². The minimum absolute atomic E-state index is 0.0489. The van der Waals surface area contributed by atoms with Crippen molar-refractivity contribution >= 4 is 22.5 Å². The van der Waals surface area contributed by atoms with Crippen LogP contribution in [0.2, 0.25) is 0 Å². The maximum atomic E-state index is 8.58. The molecule has 0 aliphatic rings. The van der Waals surface area contributed by atoms with Crippen LogP contribution in [0.1, 0.15) is 5.56 Å². The number of imidazole rings is 1. The van der Waals surface area contributed by atoms with Crippen LogP contribution in [0.3, 0.4) is 0 Å². The van der Waals surface area contributed by atoms with Gasteiger partial charge < -0.3 is 14.2 Å². The van der Waals surface area contributed by atoms with Crippen LogP contribution in [-0.4, -0.2) is 28.2 Å². The summed E-state index contributed by atoms with van der Waals surface area (Å²) in [6.07, 6.45) is 3.56. The lowest BCUT2D eigenvalue weighted by molar-refractivity contribution is 0.368. The summed E-state index contributed by atoms with van der Waals surface area (Å²) in [5.74, 6) is 1.53. The second kappa shape index (κ2) is 5.97. The van der Waals surface area contributed by atoms with Crippen LogP contribution >= 0.6 is 0 Å². The molecule has 2 aromatic heterocycles. The van der Waals surface area contributed by atoms with E-state index in [2.05, 4.69) is 9.97 Å². The zero-order chi connectivity index (χ0) is 16.4. The van der Waals surface area contributed by atoms with Gasteiger partial charge in [-0.3, -0.25) is 0 Å². The first-order valence-corrected chi connectivity index (χ1v) is 7.21. The molecule has 0 N–H and O–H groups in total. The van der Waals surface area contributed by atoms with Crippen molar-refractivity contribution in [2.75, 3.05) is 18.6 Å². The molecule has 2 heterocycles. The van der Waals surface area contributed by atoms with Gasteiger partial charge in [-0.1, -0.05) is 0 Å².